The second-order valence-corrected chi connectivity index (χ2v) is 7.67. The maximum absolute atomic E-state index is 13.3. The van der Waals surface area contributed by atoms with Crippen LogP contribution in [0.15, 0.2) is 6.07 Å². The highest BCUT2D eigenvalue weighted by molar-refractivity contribution is 5.87. The van der Waals surface area contributed by atoms with Crippen LogP contribution in [0.4, 0.5) is 0 Å². The Balaban J connectivity index is 1.46. The molecular weight excluding hydrogens is 288 g/mol. The Morgan fingerprint density at radius 3 is 2.35 bits per heavy atom. The van der Waals surface area contributed by atoms with Gasteiger partial charge in [0, 0.05) is 18.8 Å². The molecule has 5 nitrogen and oxygen atoms in total. The van der Waals surface area contributed by atoms with Crippen molar-refractivity contribution in [1.82, 2.24) is 19.6 Å². The van der Waals surface area contributed by atoms with Crippen molar-refractivity contribution in [3.05, 3.63) is 17.5 Å². The molecule has 0 N–H and O–H groups in total. The second-order valence-electron chi connectivity index (χ2n) is 7.67. The van der Waals surface area contributed by atoms with Crippen LogP contribution < -0.4 is 0 Å². The number of hydrogen-bond acceptors (Lipinski definition) is 3. The fraction of sp³-hybridized carbons (Fsp3) is 0.778. The molecule has 3 aliphatic rings. The lowest BCUT2D eigenvalue weighted by molar-refractivity contribution is -0.150. The largest absolute Gasteiger partial charge is 0.337 e. The van der Waals surface area contributed by atoms with Crippen LogP contribution in [-0.2, 0) is 4.79 Å². The van der Waals surface area contributed by atoms with Crippen molar-refractivity contribution in [1.29, 1.82) is 0 Å². The molecule has 2 saturated heterocycles. The average Bonchev–Trinajstić information content (AvgIpc) is 3.19. The van der Waals surface area contributed by atoms with Crippen molar-refractivity contribution in [3.8, 4) is 0 Å². The molecule has 126 valence electrons. The van der Waals surface area contributed by atoms with E-state index < -0.39 is 0 Å². The van der Waals surface area contributed by atoms with Gasteiger partial charge < -0.3 is 4.90 Å². The van der Waals surface area contributed by atoms with E-state index in [-0.39, 0.29) is 5.54 Å². The van der Waals surface area contributed by atoms with Gasteiger partial charge in [-0.2, -0.15) is 5.10 Å². The van der Waals surface area contributed by atoms with Crippen molar-refractivity contribution in [2.75, 3.05) is 26.2 Å². The van der Waals surface area contributed by atoms with E-state index in [0.29, 0.717) is 11.9 Å². The van der Waals surface area contributed by atoms with Gasteiger partial charge in [-0.15, -0.1) is 0 Å². The molecule has 4 rings (SSSR count). The van der Waals surface area contributed by atoms with E-state index in [0.717, 1.165) is 44.7 Å². The summed E-state index contributed by atoms with van der Waals surface area (Å²) in [5, 5.41) is 4.59. The lowest BCUT2D eigenvalue weighted by Gasteiger charge is -2.47. The number of rotatable bonds is 3. The summed E-state index contributed by atoms with van der Waals surface area (Å²) in [5.74, 6) is 0.398. The van der Waals surface area contributed by atoms with Gasteiger partial charge in [0.2, 0.25) is 5.91 Å². The molecule has 0 aromatic carbocycles. The number of carbonyl (C=O) groups is 1. The zero-order valence-corrected chi connectivity index (χ0v) is 14.4. The van der Waals surface area contributed by atoms with E-state index in [1.165, 1.54) is 31.4 Å². The number of hydrogen-bond donors (Lipinski definition) is 0. The average molecular weight is 316 g/mol. The van der Waals surface area contributed by atoms with Crippen LogP contribution in [0, 0.1) is 13.8 Å². The van der Waals surface area contributed by atoms with Crippen LogP contribution in [0.25, 0.3) is 0 Å². The fourth-order valence-corrected chi connectivity index (χ4v) is 4.86. The first-order valence-corrected chi connectivity index (χ1v) is 9.17. The summed E-state index contributed by atoms with van der Waals surface area (Å²) in [6.45, 7) is 8.02. The third kappa shape index (κ3) is 2.40. The number of aromatic nitrogens is 2. The topological polar surface area (TPSA) is 41.4 Å². The third-order valence-electron chi connectivity index (χ3n) is 6.08. The van der Waals surface area contributed by atoms with Crippen LogP contribution in [0.3, 0.4) is 0 Å². The summed E-state index contributed by atoms with van der Waals surface area (Å²) in [6, 6.07) is 2.48. The van der Waals surface area contributed by atoms with Crippen LogP contribution in [0.2, 0.25) is 0 Å². The Hall–Kier alpha value is -1.36. The molecule has 0 bridgehead atoms. The molecule has 1 aromatic heterocycles. The molecule has 0 atom stereocenters. The SMILES string of the molecule is Cc1cc(C)n(C2CN(C(=O)C3(N4CCCC4)CCCC3)C2)n1. The third-order valence-corrected chi connectivity index (χ3v) is 6.08. The van der Waals surface area contributed by atoms with Gasteiger partial charge in [0.25, 0.3) is 0 Å². The van der Waals surface area contributed by atoms with E-state index in [1.54, 1.807) is 0 Å². The predicted octanol–water partition coefficient (Wildman–Crippen LogP) is 2.29. The summed E-state index contributed by atoms with van der Waals surface area (Å²) < 4.78 is 2.11. The van der Waals surface area contributed by atoms with Crippen molar-refractivity contribution >= 4 is 5.91 Å². The zero-order valence-electron chi connectivity index (χ0n) is 14.4. The lowest BCUT2D eigenvalue weighted by atomic mass is 9.91. The lowest BCUT2D eigenvalue weighted by Crippen LogP contribution is -2.62. The Morgan fingerprint density at radius 2 is 1.78 bits per heavy atom. The minimum Gasteiger partial charge on any atom is -0.337 e. The molecule has 0 unspecified atom stereocenters. The number of likely N-dealkylation sites (tertiary alicyclic amines) is 2. The summed E-state index contributed by atoms with van der Waals surface area (Å²) in [4.78, 5) is 17.8. The van der Waals surface area contributed by atoms with Gasteiger partial charge in [-0.05, 0) is 58.7 Å². The smallest absolute Gasteiger partial charge is 0.243 e. The van der Waals surface area contributed by atoms with E-state index >= 15 is 0 Å². The standard InChI is InChI=1S/C18H28N4O/c1-14-11-15(2)22(19-14)16-12-20(13-16)17(23)18(7-3-4-8-18)21-9-5-6-10-21/h11,16H,3-10,12-13H2,1-2H3. The molecule has 0 radical (unpaired) electrons. The van der Waals surface area contributed by atoms with Crippen molar-refractivity contribution < 1.29 is 4.79 Å². The fourth-order valence-electron chi connectivity index (χ4n) is 4.86. The summed E-state index contributed by atoms with van der Waals surface area (Å²) in [6.07, 6.45) is 7.04. The van der Waals surface area contributed by atoms with Crippen LogP contribution in [-0.4, -0.2) is 57.2 Å². The number of nitrogens with zero attached hydrogens (tertiary/aromatic N) is 4. The summed E-state index contributed by atoms with van der Waals surface area (Å²) in [5.41, 5.74) is 2.10. The maximum atomic E-state index is 13.3. The summed E-state index contributed by atoms with van der Waals surface area (Å²) in [7, 11) is 0. The first kappa shape index (κ1) is 15.2. The maximum Gasteiger partial charge on any atom is 0.243 e. The molecule has 2 aliphatic heterocycles. The molecule has 1 aliphatic carbocycles. The second kappa shape index (κ2) is 5.62. The molecule has 0 spiro atoms. The van der Waals surface area contributed by atoms with Crippen LogP contribution in [0.1, 0.15) is 56.0 Å². The van der Waals surface area contributed by atoms with Gasteiger partial charge in [0.1, 0.15) is 5.54 Å². The number of carbonyl (C=O) groups excluding carboxylic acids is 1. The van der Waals surface area contributed by atoms with Gasteiger partial charge in [-0.3, -0.25) is 14.4 Å². The molecule has 5 heteroatoms. The normalized spacial score (nSPS) is 25.0. The quantitative estimate of drug-likeness (QED) is 0.859. The van der Waals surface area contributed by atoms with Crippen molar-refractivity contribution in [2.24, 2.45) is 0 Å². The Kier molecular flexibility index (Phi) is 3.71. The van der Waals surface area contributed by atoms with Crippen LogP contribution in [0.5, 0.6) is 0 Å². The molecule has 3 heterocycles. The monoisotopic (exact) mass is 316 g/mol. The van der Waals surface area contributed by atoms with Crippen molar-refractivity contribution in [3.63, 3.8) is 0 Å². The Labute approximate surface area is 138 Å². The zero-order chi connectivity index (χ0) is 16.0. The molecule has 1 saturated carbocycles. The molecule has 3 fully saturated rings. The number of aryl methyl sites for hydroxylation is 2. The van der Waals surface area contributed by atoms with Gasteiger partial charge >= 0.3 is 0 Å². The minimum atomic E-state index is -0.170. The van der Waals surface area contributed by atoms with E-state index in [2.05, 4.69) is 32.6 Å². The first-order valence-electron chi connectivity index (χ1n) is 9.17. The highest BCUT2D eigenvalue weighted by Gasteiger charge is 2.51. The summed E-state index contributed by atoms with van der Waals surface area (Å²) >= 11 is 0. The van der Waals surface area contributed by atoms with E-state index in [9.17, 15) is 4.79 Å². The molecule has 23 heavy (non-hydrogen) atoms. The van der Waals surface area contributed by atoms with E-state index in [1.807, 2.05) is 6.92 Å². The molecule has 1 aromatic rings. The predicted molar refractivity (Wildman–Crippen MR) is 89.3 cm³/mol. The Bertz CT molecular complexity index is 590. The van der Waals surface area contributed by atoms with Gasteiger partial charge in [-0.25, -0.2) is 0 Å². The van der Waals surface area contributed by atoms with Gasteiger partial charge in [-0.1, -0.05) is 12.8 Å². The van der Waals surface area contributed by atoms with Gasteiger partial charge in [0.15, 0.2) is 0 Å². The molecule has 1 amide bonds. The Morgan fingerprint density at radius 1 is 1.13 bits per heavy atom. The van der Waals surface area contributed by atoms with Crippen LogP contribution >= 0.6 is 0 Å². The minimum absolute atomic E-state index is 0.170. The van der Waals surface area contributed by atoms with Gasteiger partial charge in [0.05, 0.1) is 11.7 Å². The first-order chi connectivity index (χ1) is 11.1. The molecular formula is C18H28N4O. The highest BCUT2D eigenvalue weighted by atomic mass is 16.2. The highest BCUT2D eigenvalue weighted by Crippen LogP contribution is 2.40. The number of amides is 1. The van der Waals surface area contributed by atoms with Crippen molar-refractivity contribution in [2.45, 2.75) is 64.0 Å². The van der Waals surface area contributed by atoms with E-state index in [4.69, 9.17) is 0 Å².